The fraction of sp³-hybridized carbons (Fsp3) is 0. The molecule has 0 unspecified atom stereocenters. The average molecular weight is 436 g/mol. The van der Waals surface area contributed by atoms with Crippen molar-refractivity contribution in [1.82, 2.24) is 20.4 Å². The summed E-state index contributed by atoms with van der Waals surface area (Å²) in [5.74, 6) is -0.819. The average Bonchev–Trinajstić information content (AvgIpc) is 2.78. The van der Waals surface area contributed by atoms with Crippen LogP contribution in [0.3, 0.4) is 0 Å². The van der Waals surface area contributed by atoms with Crippen LogP contribution in [0.5, 0.6) is 0 Å². The fourth-order valence-electron chi connectivity index (χ4n) is 2.90. The highest BCUT2D eigenvalue weighted by Gasteiger charge is 2.24. The highest BCUT2D eigenvalue weighted by atomic mass is 35.5. The zero-order chi connectivity index (χ0) is 21.8. The van der Waals surface area contributed by atoms with Crippen LogP contribution in [0.15, 0.2) is 67.1 Å². The first-order valence-electron chi connectivity index (χ1n) is 8.95. The number of anilines is 3. The van der Waals surface area contributed by atoms with Crippen LogP contribution in [0, 0.1) is 10.1 Å². The summed E-state index contributed by atoms with van der Waals surface area (Å²) in [6, 6.07) is 15.4. The van der Waals surface area contributed by atoms with Crippen LogP contribution in [-0.2, 0) is 0 Å². The van der Waals surface area contributed by atoms with Gasteiger partial charge in [-0.3, -0.25) is 30.7 Å². The molecule has 1 amide bonds. The van der Waals surface area contributed by atoms with Crippen molar-refractivity contribution in [3.8, 4) is 0 Å². The number of aromatic nitrogens is 3. The number of fused-ring (bicyclic) bond motifs is 1. The molecule has 0 aliphatic heterocycles. The quantitative estimate of drug-likeness (QED) is 0.304. The molecule has 2 aromatic carbocycles. The topological polar surface area (TPSA) is 135 Å². The third-order valence-corrected chi connectivity index (χ3v) is 4.65. The molecule has 0 saturated carbocycles. The molecule has 0 aliphatic rings. The number of hydrogen-bond acceptors (Lipinski definition) is 8. The highest BCUT2D eigenvalue weighted by molar-refractivity contribution is 6.33. The monoisotopic (exact) mass is 435 g/mol. The zero-order valence-electron chi connectivity index (χ0n) is 15.7. The molecule has 0 saturated heterocycles. The van der Waals surface area contributed by atoms with Crippen LogP contribution in [-0.4, -0.2) is 25.8 Å². The Kier molecular flexibility index (Phi) is 5.54. The lowest BCUT2D eigenvalue weighted by molar-refractivity contribution is -0.383. The number of benzene rings is 2. The minimum atomic E-state index is -0.643. The van der Waals surface area contributed by atoms with Gasteiger partial charge in [0.05, 0.1) is 21.0 Å². The van der Waals surface area contributed by atoms with Crippen molar-refractivity contribution >= 4 is 51.4 Å². The lowest BCUT2D eigenvalue weighted by Gasteiger charge is -2.12. The highest BCUT2D eigenvalue weighted by Crippen LogP contribution is 2.33. The Morgan fingerprint density at radius 2 is 1.77 bits per heavy atom. The number of carbonyl (C=O) groups is 1. The molecule has 3 N–H and O–H groups in total. The van der Waals surface area contributed by atoms with E-state index in [4.69, 9.17) is 11.6 Å². The lowest BCUT2D eigenvalue weighted by Crippen LogP contribution is -2.30. The van der Waals surface area contributed by atoms with E-state index in [9.17, 15) is 14.9 Å². The predicted octanol–water partition coefficient (Wildman–Crippen LogP) is 4.09. The summed E-state index contributed by atoms with van der Waals surface area (Å²) in [4.78, 5) is 35.6. The minimum Gasteiger partial charge on any atom is -0.334 e. The van der Waals surface area contributed by atoms with E-state index in [0.29, 0.717) is 5.69 Å². The molecule has 4 rings (SSSR count). The second kappa shape index (κ2) is 8.59. The summed E-state index contributed by atoms with van der Waals surface area (Å²) >= 11 is 6.01. The molecule has 0 bridgehead atoms. The fourth-order valence-corrected chi connectivity index (χ4v) is 3.12. The van der Waals surface area contributed by atoms with E-state index in [1.54, 1.807) is 42.6 Å². The number of rotatable bonds is 6. The van der Waals surface area contributed by atoms with E-state index in [-0.39, 0.29) is 22.2 Å². The van der Waals surface area contributed by atoms with E-state index >= 15 is 0 Å². The van der Waals surface area contributed by atoms with Gasteiger partial charge in [-0.2, -0.15) is 0 Å². The summed E-state index contributed by atoms with van der Waals surface area (Å²) in [5, 5.41) is 15.7. The molecule has 11 heteroatoms. The Bertz CT molecular complexity index is 1290. The smallest absolute Gasteiger partial charge is 0.334 e. The molecule has 0 radical (unpaired) electrons. The third kappa shape index (κ3) is 4.19. The Balaban J connectivity index is 1.63. The van der Waals surface area contributed by atoms with Crippen molar-refractivity contribution in [2.75, 3.05) is 10.7 Å². The minimum absolute atomic E-state index is 0.0501. The number of nitrogens with one attached hydrogen (secondary N) is 3. The SMILES string of the molecule is O=C(NNc1ncnc(Nc2cccc3ncccc23)c1[N+](=O)[O-])c1ccccc1Cl. The first-order chi connectivity index (χ1) is 15.0. The Labute approximate surface area is 180 Å². The molecule has 4 aromatic rings. The van der Waals surface area contributed by atoms with Gasteiger partial charge in [-0.05, 0) is 36.4 Å². The summed E-state index contributed by atoms with van der Waals surface area (Å²) in [6.07, 6.45) is 2.80. The summed E-state index contributed by atoms with van der Waals surface area (Å²) in [5.41, 5.74) is 5.91. The summed E-state index contributed by atoms with van der Waals surface area (Å²) in [7, 11) is 0. The van der Waals surface area contributed by atoms with Crippen molar-refractivity contribution in [2.45, 2.75) is 0 Å². The predicted molar refractivity (Wildman–Crippen MR) is 116 cm³/mol. The maximum absolute atomic E-state index is 12.3. The zero-order valence-corrected chi connectivity index (χ0v) is 16.5. The number of hydrazine groups is 1. The second-order valence-electron chi connectivity index (χ2n) is 6.24. The molecule has 0 spiro atoms. The first-order valence-corrected chi connectivity index (χ1v) is 9.33. The van der Waals surface area contributed by atoms with Gasteiger partial charge in [0.2, 0.25) is 11.6 Å². The lowest BCUT2D eigenvalue weighted by atomic mass is 10.2. The van der Waals surface area contributed by atoms with Gasteiger partial charge in [0, 0.05) is 17.3 Å². The third-order valence-electron chi connectivity index (χ3n) is 4.32. The van der Waals surface area contributed by atoms with E-state index in [1.807, 2.05) is 12.1 Å². The molecule has 31 heavy (non-hydrogen) atoms. The number of halogens is 1. The molecule has 0 atom stereocenters. The van der Waals surface area contributed by atoms with Crippen molar-refractivity contribution < 1.29 is 9.72 Å². The number of amides is 1. The van der Waals surface area contributed by atoms with Gasteiger partial charge >= 0.3 is 5.69 Å². The molecule has 2 heterocycles. The van der Waals surface area contributed by atoms with Crippen LogP contribution in [0.25, 0.3) is 10.9 Å². The summed E-state index contributed by atoms with van der Waals surface area (Å²) in [6.45, 7) is 0. The van der Waals surface area contributed by atoms with E-state index < -0.39 is 16.5 Å². The van der Waals surface area contributed by atoms with Crippen LogP contribution < -0.4 is 16.2 Å². The van der Waals surface area contributed by atoms with Crippen LogP contribution in [0.1, 0.15) is 10.4 Å². The van der Waals surface area contributed by atoms with Gasteiger partial charge in [0.25, 0.3) is 5.91 Å². The van der Waals surface area contributed by atoms with Gasteiger partial charge in [-0.25, -0.2) is 9.97 Å². The number of pyridine rings is 1. The van der Waals surface area contributed by atoms with Crippen molar-refractivity contribution in [3.63, 3.8) is 0 Å². The van der Waals surface area contributed by atoms with Gasteiger partial charge in [-0.15, -0.1) is 0 Å². The molecule has 0 fully saturated rings. The standard InChI is InChI=1S/C20H14ClN7O3/c21-14-7-2-1-5-12(14)20(29)27-26-19-17(28(30)31)18(23-11-24-19)25-16-9-3-8-15-13(16)6-4-10-22-15/h1-11H,(H,27,29)(H2,23,24,25,26). The number of nitro groups is 1. The summed E-state index contributed by atoms with van der Waals surface area (Å²) < 4.78 is 0. The van der Waals surface area contributed by atoms with Crippen molar-refractivity contribution in [3.05, 3.63) is 87.8 Å². The molecular formula is C20H14ClN7O3. The van der Waals surface area contributed by atoms with Gasteiger partial charge < -0.3 is 5.32 Å². The Morgan fingerprint density at radius 3 is 2.58 bits per heavy atom. The number of nitrogens with zero attached hydrogens (tertiary/aromatic N) is 4. The van der Waals surface area contributed by atoms with E-state index in [1.165, 1.54) is 6.07 Å². The first kappa shape index (κ1) is 20.0. The second-order valence-corrected chi connectivity index (χ2v) is 6.64. The maximum Gasteiger partial charge on any atom is 0.355 e. The van der Waals surface area contributed by atoms with Crippen LogP contribution >= 0.6 is 11.6 Å². The van der Waals surface area contributed by atoms with Crippen LogP contribution in [0.2, 0.25) is 5.02 Å². The molecule has 0 aliphatic carbocycles. The van der Waals surface area contributed by atoms with Gasteiger partial charge in [0.1, 0.15) is 6.33 Å². The van der Waals surface area contributed by atoms with Crippen molar-refractivity contribution in [2.24, 2.45) is 0 Å². The van der Waals surface area contributed by atoms with E-state index in [0.717, 1.165) is 17.2 Å². The number of carbonyl (C=O) groups excluding carboxylic acids is 1. The normalized spacial score (nSPS) is 10.5. The Morgan fingerprint density at radius 1 is 0.968 bits per heavy atom. The molecule has 10 nitrogen and oxygen atoms in total. The Hall–Kier alpha value is -4.31. The molecule has 154 valence electrons. The van der Waals surface area contributed by atoms with E-state index in [2.05, 4.69) is 31.1 Å². The van der Waals surface area contributed by atoms with Crippen molar-refractivity contribution in [1.29, 1.82) is 0 Å². The van der Waals surface area contributed by atoms with Gasteiger partial charge in [0.15, 0.2) is 0 Å². The maximum atomic E-state index is 12.3. The largest absolute Gasteiger partial charge is 0.355 e. The van der Waals surface area contributed by atoms with Gasteiger partial charge in [-0.1, -0.05) is 29.8 Å². The molecule has 2 aromatic heterocycles. The number of hydrogen-bond donors (Lipinski definition) is 3. The van der Waals surface area contributed by atoms with Crippen LogP contribution in [0.4, 0.5) is 23.0 Å². The molecular weight excluding hydrogens is 422 g/mol.